The monoisotopic (exact) mass is 498 g/mol. The molecule has 0 saturated carbocycles. The molecule has 3 rings (SSSR count). The fourth-order valence-corrected chi connectivity index (χ4v) is 4.07. The Bertz CT molecular complexity index is 990. The number of methoxy groups -OCH3 is 1. The van der Waals surface area contributed by atoms with Crippen molar-refractivity contribution in [2.75, 3.05) is 47.1 Å². The number of hydrogen-bond acceptors (Lipinski definition) is 7. The summed E-state index contributed by atoms with van der Waals surface area (Å²) in [6.45, 7) is 5.47. The van der Waals surface area contributed by atoms with E-state index < -0.39 is 0 Å². The van der Waals surface area contributed by atoms with Crippen molar-refractivity contribution < 1.29 is 28.5 Å². The Morgan fingerprint density at radius 3 is 2.61 bits per heavy atom. The molecule has 8 nitrogen and oxygen atoms in total. The average molecular weight is 499 g/mol. The van der Waals surface area contributed by atoms with Gasteiger partial charge in [0.05, 0.1) is 13.7 Å². The molecule has 0 aliphatic carbocycles. The molecule has 0 bridgehead atoms. The summed E-state index contributed by atoms with van der Waals surface area (Å²) in [4.78, 5) is 26.1. The normalized spacial score (nSPS) is 13.9. The molecule has 1 fully saturated rings. The first-order chi connectivity index (χ1) is 17.5. The molecule has 2 aromatic carbocycles. The maximum atomic E-state index is 12.3. The second-order valence-electron chi connectivity index (χ2n) is 8.97. The maximum absolute atomic E-state index is 12.3. The number of amides is 1. The molecule has 1 amide bonds. The van der Waals surface area contributed by atoms with Gasteiger partial charge >= 0.3 is 0 Å². The topological polar surface area (TPSA) is 86.3 Å². The number of likely N-dealkylation sites (N-methyl/N-ethyl adjacent to an activating group) is 1. The van der Waals surface area contributed by atoms with Crippen molar-refractivity contribution in [2.45, 2.75) is 45.2 Å². The van der Waals surface area contributed by atoms with E-state index in [-0.39, 0.29) is 11.7 Å². The predicted molar refractivity (Wildman–Crippen MR) is 138 cm³/mol. The highest BCUT2D eigenvalue weighted by molar-refractivity contribution is 5.94. The molecule has 2 aromatic rings. The summed E-state index contributed by atoms with van der Waals surface area (Å²) in [6, 6.07) is 13.5. The van der Waals surface area contributed by atoms with E-state index in [0.29, 0.717) is 55.7 Å². The fraction of sp³-hybridized carbons (Fsp3) is 0.500. The van der Waals surface area contributed by atoms with Gasteiger partial charge in [-0.1, -0.05) is 12.1 Å². The van der Waals surface area contributed by atoms with E-state index in [9.17, 15) is 9.59 Å². The Hall–Kier alpha value is -3.10. The summed E-state index contributed by atoms with van der Waals surface area (Å²) >= 11 is 0. The number of ketones is 1. The van der Waals surface area contributed by atoms with Crippen LogP contribution in [0.5, 0.6) is 17.2 Å². The predicted octanol–water partition coefficient (Wildman–Crippen LogP) is 3.86. The summed E-state index contributed by atoms with van der Waals surface area (Å²) in [7, 11) is 3.67. The molecule has 1 saturated heterocycles. The van der Waals surface area contributed by atoms with Gasteiger partial charge in [-0.15, -0.1) is 0 Å². The molecule has 1 aliphatic rings. The average Bonchev–Trinajstić information content (AvgIpc) is 2.90. The quantitative estimate of drug-likeness (QED) is 0.313. The van der Waals surface area contributed by atoms with Crippen molar-refractivity contribution in [3.05, 3.63) is 53.6 Å². The molecule has 0 radical (unpaired) electrons. The molecule has 36 heavy (non-hydrogen) atoms. The van der Waals surface area contributed by atoms with Crippen LogP contribution in [0.1, 0.15) is 48.5 Å². The lowest BCUT2D eigenvalue weighted by molar-refractivity contribution is -0.121. The van der Waals surface area contributed by atoms with Crippen LogP contribution in [-0.2, 0) is 16.1 Å². The van der Waals surface area contributed by atoms with Gasteiger partial charge in [0.15, 0.2) is 17.3 Å². The van der Waals surface area contributed by atoms with Crippen molar-refractivity contribution in [2.24, 2.45) is 0 Å². The largest absolute Gasteiger partial charge is 0.493 e. The molecule has 8 heteroatoms. The van der Waals surface area contributed by atoms with Crippen LogP contribution >= 0.6 is 0 Å². The van der Waals surface area contributed by atoms with Crippen LogP contribution in [0.4, 0.5) is 0 Å². The van der Waals surface area contributed by atoms with Crippen LogP contribution in [-0.4, -0.2) is 69.8 Å². The van der Waals surface area contributed by atoms with Gasteiger partial charge in [0.2, 0.25) is 5.91 Å². The first kappa shape index (κ1) is 27.5. The van der Waals surface area contributed by atoms with Crippen LogP contribution in [0, 0.1) is 0 Å². The van der Waals surface area contributed by atoms with Gasteiger partial charge in [0.25, 0.3) is 0 Å². The highest BCUT2D eigenvalue weighted by Crippen LogP contribution is 2.28. The van der Waals surface area contributed by atoms with Crippen molar-refractivity contribution in [3.63, 3.8) is 0 Å². The molecular formula is C28H38N2O6. The van der Waals surface area contributed by atoms with Gasteiger partial charge < -0.3 is 24.3 Å². The molecular weight excluding hydrogens is 460 g/mol. The Morgan fingerprint density at radius 2 is 1.86 bits per heavy atom. The van der Waals surface area contributed by atoms with Crippen LogP contribution in [0.15, 0.2) is 42.5 Å². The lowest BCUT2D eigenvalue weighted by Gasteiger charge is -2.31. The van der Waals surface area contributed by atoms with Crippen LogP contribution < -0.4 is 19.5 Å². The number of carbonyl (C=O) groups excluding carboxylic acids is 2. The minimum absolute atomic E-state index is 0.0354. The van der Waals surface area contributed by atoms with Gasteiger partial charge in [-0.25, -0.2) is 0 Å². The minimum atomic E-state index is -0.0399. The van der Waals surface area contributed by atoms with Crippen molar-refractivity contribution in [3.8, 4) is 17.2 Å². The number of nitrogens with one attached hydrogen (secondary N) is 1. The Morgan fingerprint density at radius 1 is 1.06 bits per heavy atom. The standard InChI is InChI=1S/C28H38N2O6/c1-21(31)23-9-10-26(27(19-23)33-3)36-14-5-8-28(32)29-20-22-6-4-7-25(18-22)35-17-13-30(2)24-11-15-34-16-12-24/h4,6-7,9-10,18-19,24H,5,8,11-17,20H2,1-3H3,(H,29,32). The first-order valence-electron chi connectivity index (χ1n) is 12.5. The zero-order valence-corrected chi connectivity index (χ0v) is 21.6. The van der Waals surface area contributed by atoms with E-state index in [0.717, 1.165) is 43.9 Å². The lowest BCUT2D eigenvalue weighted by Crippen LogP contribution is -2.38. The zero-order chi connectivity index (χ0) is 25.8. The number of hydrogen-bond donors (Lipinski definition) is 1. The number of nitrogens with zero attached hydrogens (tertiary/aromatic N) is 1. The molecule has 0 aromatic heterocycles. The summed E-state index contributed by atoms with van der Waals surface area (Å²) in [5, 5.41) is 2.95. The molecule has 196 valence electrons. The van der Waals surface area contributed by atoms with Gasteiger partial charge in [0.1, 0.15) is 12.4 Å². The van der Waals surface area contributed by atoms with E-state index in [1.165, 1.54) is 14.0 Å². The van der Waals surface area contributed by atoms with Crippen molar-refractivity contribution in [1.82, 2.24) is 10.2 Å². The second-order valence-corrected chi connectivity index (χ2v) is 8.97. The number of Topliss-reactive ketones (excluding diaryl/α,β-unsaturated/α-hetero) is 1. The number of carbonyl (C=O) groups is 2. The van der Waals surface area contributed by atoms with E-state index in [1.807, 2.05) is 24.3 Å². The minimum Gasteiger partial charge on any atom is -0.493 e. The lowest BCUT2D eigenvalue weighted by atomic mass is 10.1. The molecule has 0 unspecified atom stereocenters. The van der Waals surface area contributed by atoms with Gasteiger partial charge in [-0.05, 0) is 69.1 Å². The molecule has 1 N–H and O–H groups in total. The van der Waals surface area contributed by atoms with E-state index >= 15 is 0 Å². The van der Waals surface area contributed by atoms with Crippen LogP contribution in [0.3, 0.4) is 0 Å². The SMILES string of the molecule is COc1cc(C(C)=O)ccc1OCCCC(=O)NCc1cccc(OCCN(C)C2CCOCC2)c1. The molecule has 0 spiro atoms. The number of ether oxygens (including phenoxy) is 4. The summed E-state index contributed by atoms with van der Waals surface area (Å²) in [5.74, 6) is 1.79. The molecule has 1 aliphatic heterocycles. The van der Waals surface area contributed by atoms with Crippen molar-refractivity contribution in [1.29, 1.82) is 0 Å². The van der Waals surface area contributed by atoms with Gasteiger partial charge in [-0.3, -0.25) is 14.5 Å². The number of benzene rings is 2. The first-order valence-corrected chi connectivity index (χ1v) is 12.5. The third kappa shape index (κ3) is 8.84. The Labute approximate surface area is 213 Å². The third-order valence-corrected chi connectivity index (χ3v) is 6.29. The zero-order valence-electron chi connectivity index (χ0n) is 21.6. The van der Waals surface area contributed by atoms with Crippen molar-refractivity contribution >= 4 is 11.7 Å². The Kier molecular flexibility index (Phi) is 11.0. The third-order valence-electron chi connectivity index (χ3n) is 6.29. The highest BCUT2D eigenvalue weighted by atomic mass is 16.5. The molecule has 0 atom stereocenters. The summed E-state index contributed by atoms with van der Waals surface area (Å²) in [6.07, 6.45) is 3.05. The summed E-state index contributed by atoms with van der Waals surface area (Å²) in [5.41, 5.74) is 1.56. The highest BCUT2D eigenvalue weighted by Gasteiger charge is 2.18. The smallest absolute Gasteiger partial charge is 0.220 e. The summed E-state index contributed by atoms with van der Waals surface area (Å²) < 4.78 is 22.4. The van der Waals surface area contributed by atoms with E-state index in [1.54, 1.807) is 18.2 Å². The van der Waals surface area contributed by atoms with E-state index in [4.69, 9.17) is 18.9 Å². The van der Waals surface area contributed by atoms with Gasteiger partial charge in [-0.2, -0.15) is 0 Å². The van der Waals surface area contributed by atoms with Crippen LogP contribution in [0.25, 0.3) is 0 Å². The Balaban J connectivity index is 1.34. The van der Waals surface area contributed by atoms with Gasteiger partial charge in [0, 0.05) is 44.3 Å². The second kappa shape index (κ2) is 14.5. The van der Waals surface area contributed by atoms with Crippen LogP contribution in [0.2, 0.25) is 0 Å². The van der Waals surface area contributed by atoms with E-state index in [2.05, 4.69) is 17.3 Å². The maximum Gasteiger partial charge on any atom is 0.220 e. The molecule has 1 heterocycles. The fourth-order valence-electron chi connectivity index (χ4n) is 4.07. The number of rotatable bonds is 14.